The molecule has 0 spiro atoms. The SMILES string of the molecule is O=S1(=O)CC(N[C@@H]2CCCC[C@H]2F)[C@H](O)C1. The van der Waals surface area contributed by atoms with Gasteiger partial charge < -0.3 is 10.4 Å². The zero-order valence-corrected chi connectivity index (χ0v) is 9.92. The number of aliphatic hydroxyl groups is 1. The maximum absolute atomic E-state index is 13.5. The third-order valence-electron chi connectivity index (χ3n) is 3.43. The molecule has 1 aliphatic heterocycles. The number of halogens is 1. The van der Waals surface area contributed by atoms with Crippen LogP contribution in [0.4, 0.5) is 4.39 Å². The number of alkyl halides is 1. The van der Waals surface area contributed by atoms with E-state index in [2.05, 4.69) is 5.32 Å². The molecule has 2 aliphatic rings. The van der Waals surface area contributed by atoms with Crippen molar-refractivity contribution in [3.05, 3.63) is 0 Å². The zero-order valence-electron chi connectivity index (χ0n) is 9.10. The second kappa shape index (κ2) is 4.58. The fourth-order valence-corrected chi connectivity index (χ4v) is 4.29. The molecule has 0 aromatic carbocycles. The number of sulfone groups is 1. The molecule has 4 nitrogen and oxygen atoms in total. The fraction of sp³-hybridized carbons (Fsp3) is 1.00. The highest BCUT2D eigenvalue weighted by Crippen LogP contribution is 2.23. The second-order valence-electron chi connectivity index (χ2n) is 4.82. The van der Waals surface area contributed by atoms with E-state index in [1.54, 1.807) is 0 Å². The molecule has 0 bridgehead atoms. The van der Waals surface area contributed by atoms with Gasteiger partial charge in [-0.05, 0) is 12.8 Å². The predicted molar refractivity (Wildman–Crippen MR) is 58.7 cm³/mol. The molecule has 1 aliphatic carbocycles. The maximum atomic E-state index is 13.5. The van der Waals surface area contributed by atoms with Gasteiger partial charge in [0.05, 0.1) is 17.6 Å². The van der Waals surface area contributed by atoms with Gasteiger partial charge in [-0.15, -0.1) is 0 Å². The Bertz CT molecular complexity index is 346. The summed E-state index contributed by atoms with van der Waals surface area (Å²) in [6, 6.07) is -0.784. The van der Waals surface area contributed by atoms with Gasteiger partial charge >= 0.3 is 0 Å². The van der Waals surface area contributed by atoms with Crippen LogP contribution in [0.25, 0.3) is 0 Å². The first-order valence-corrected chi connectivity index (χ1v) is 7.59. The first kappa shape index (κ1) is 12.3. The first-order valence-electron chi connectivity index (χ1n) is 5.76. The molecule has 0 aromatic heterocycles. The van der Waals surface area contributed by atoms with Crippen LogP contribution in [0.5, 0.6) is 0 Å². The molecule has 94 valence electrons. The smallest absolute Gasteiger partial charge is 0.154 e. The van der Waals surface area contributed by atoms with Crippen LogP contribution < -0.4 is 5.32 Å². The Balaban J connectivity index is 1.94. The standard InChI is InChI=1S/C10H18FNO3S/c11-7-3-1-2-4-8(7)12-9-5-16(14,15)6-10(9)13/h7-10,12-13H,1-6H2/t7-,8-,9?,10-/m1/s1. The van der Waals surface area contributed by atoms with Crippen molar-refractivity contribution in [2.24, 2.45) is 0 Å². The summed E-state index contributed by atoms with van der Waals surface area (Å²) < 4.78 is 36.1. The average molecular weight is 251 g/mol. The topological polar surface area (TPSA) is 66.4 Å². The lowest BCUT2D eigenvalue weighted by Gasteiger charge is -2.30. The van der Waals surface area contributed by atoms with Gasteiger partial charge in [-0.25, -0.2) is 12.8 Å². The summed E-state index contributed by atoms with van der Waals surface area (Å²) >= 11 is 0. The Kier molecular flexibility index (Phi) is 3.51. The quantitative estimate of drug-likeness (QED) is 0.726. The van der Waals surface area contributed by atoms with Gasteiger partial charge in [0.25, 0.3) is 0 Å². The molecule has 0 radical (unpaired) electrons. The Labute approximate surface area is 95.1 Å². The van der Waals surface area contributed by atoms with E-state index in [0.717, 1.165) is 19.3 Å². The number of rotatable bonds is 2. The van der Waals surface area contributed by atoms with Crippen LogP contribution in [0.1, 0.15) is 25.7 Å². The van der Waals surface area contributed by atoms with Crippen molar-refractivity contribution in [3.63, 3.8) is 0 Å². The molecule has 2 fully saturated rings. The van der Waals surface area contributed by atoms with E-state index in [-0.39, 0.29) is 17.5 Å². The van der Waals surface area contributed by atoms with Crippen molar-refractivity contribution in [2.45, 2.75) is 50.0 Å². The summed E-state index contributed by atoms with van der Waals surface area (Å²) in [7, 11) is -3.15. The lowest BCUT2D eigenvalue weighted by molar-refractivity contribution is 0.126. The first-order chi connectivity index (χ1) is 7.48. The minimum absolute atomic E-state index is 0.0720. The second-order valence-corrected chi connectivity index (χ2v) is 6.98. The minimum Gasteiger partial charge on any atom is -0.390 e. The number of nitrogens with one attached hydrogen (secondary N) is 1. The van der Waals surface area contributed by atoms with Gasteiger partial charge in [0.1, 0.15) is 6.17 Å². The predicted octanol–water partition coefficient (Wildman–Crippen LogP) is 0.0146. The normalized spacial score (nSPS) is 43.4. The molecule has 6 heteroatoms. The van der Waals surface area contributed by atoms with Gasteiger partial charge in [-0.1, -0.05) is 12.8 Å². The number of aliphatic hydroxyl groups excluding tert-OH is 1. The van der Waals surface area contributed by atoms with E-state index < -0.39 is 28.2 Å². The van der Waals surface area contributed by atoms with E-state index in [1.807, 2.05) is 0 Å². The fourth-order valence-electron chi connectivity index (χ4n) is 2.54. The molecule has 1 heterocycles. The highest BCUT2D eigenvalue weighted by Gasteiger charge is 2.38. The lowest BCUT2D eigenvalue weighted by Crippen LogP contribution is -2.49. The molecular formula is C10H18FNO3S. The van der Waals surface area contributed by atoms with E-state index in [4.69, 9.17) is 0 Å². The van der Waals surface area contributed by atoms with Crippen LogP contribution in [0.2, 0.25) is 0 Å². The maximum Gasteiger partial charge on any atom is 0.154 e. The summed E-state index contributed by atoms with van der Waals surface area (Å²) in [6.07, 6.45) is 1.32. The van der Waals surface area contributed by atoms with Gasteiger partial charge in [-0.3, -0.25) is 0 Å². The Hall–Kier alpha value is -0.200. The van der Waals surface area contributed by atoms with Gasteiger partial charge in [0.2, 0.25) is 0 Å². The molecular weight excluding hydrogens is 233 g/mol. The highest BCUT2D eigenvalue weighted by molar-refractivity contribution is 7.91. The minimum atomic E-state index is -3.15. The summed E-state index contributed by atoms with van der Waals surface area (Å²) in [6.45, 7) is 0. The Morgan fingerprint density at radius 3 is 2.38 bits per heavy atom. The van der Waals surface area contributed by atoms with Crippen molar-refractivity contribution in [1.82, 2.24) is 5.32 Å². The molecule has 16 heavy (non-hydrogen) atoms. The number of hydrogen-bond acceptors (Lipinski definition) is 4. The van der Waals surface area contributed by atoms with E-state index in [0.29, 0.717) is 6.42 Å². The molecule has 1 saturated heterocycles. The summed E-state index contributed by atoms with van der Waals surface area (Å²) in [4.78, 5) is 0. The number of hydrogen-bond donors (Lipinski definition) is 2. The molecule has 0 aromatic rings. The van der Waals surface area contributed by atoms with Crippen molar-refractivity contribution in [3.8, 4) is 0 Å². The molecule has 2 rings (SSSR count). The van der Waals surface area contributed by atoms with Crippen molar-refractivity contribution in [1.29, 1.82) is 0 Å². The largest absolute Gasteiger partial charge is 0.390 e. The molecule has 2 N–H and O–H groups in total. The summed E-state index contributed by atoms with van der Waals surface area (Å²) in [5, 5.41) is 12.5. The summed E-state index contributed by atoms with van der Waals surface area (Å²) in [5.41, 5.74) is 0. The van der Waals surface area contributed by atoms with Gasteiger partial charge in [0.15, 0.2) is 9.84 Å². The van der Waals surface area contributed by atoms with Crippen LogP contribution >= 0.6 is 0 Å². The third-order valence-corrected chi connectivity index (χ3v) is 5.15. The van der Waals surface area contributed by atoms with Crippen molar-refractivity contribution in [2.75, 3.05) is 11.5 Å². The molecule has 1 saturated carbocycles. The third kappa shape index (κ3) is 2.73. The van der Waals surface area contributed by atoms with Crippen molar-refractivity contribution >= 4 is 9.84 Å². The van der Waals surface area contributed by atoms with Crippen LogP contribution in [0.15, 0.2) is 0 Å². The van der Waals surface area contributed by atoms with Crippen molar-refractivity contribution < 1.29 is 17.9 Å². The zero-order chi connectivity index (χ0) is 11.8. The highest BCUT2D eigenvalue weighted by atomic mass is 32.2. The van der Waals surface area contributed by atoms with Crippen LogP contribution in [0, 0.1) is 0 Å². The Morgan fingerprint density at radius 1 is 1.12 bits per heavy atom. The van der Waals surface area contributed by atoms with Gasteiger partial charge in [-0.2, -0.15) is 0 Å². The van der Waals surface area contributed by atoms with Gasteiger partial charge in [0, 0.05) is 12.1 Å². The lowest BCUT2D eigenvalue weighted by atomic mass is 9.93. The van der Waals surface area contributed by atoms with Crippen LogP contribution in [-0.2, 0) is 9.84 Å². The Morgan fingerprint density at radius 2 is 1.81 bits per heavy atom. The van der Waals surface area contributed by atoms with E-state index in [9.17, 15) is 17.9 Å². The monoisotopic (exact) mass is 251 g/mol. The molecule has 1 unspecified atom stereocenters. The van der Waals surface area contributed by atoms with Crippen LogP contribution in [-0.4, -0.2) is 49.4 Å². The van der Waals surface area contributed by atoms with E-state index in [1.165, 1.54) is 0 Å². The van der Waals surface area contributed by atoms with Crippen LogP contribution in [0.3, 0.4) is 0 Å². The molecule has 4 atom stereocenters. The summed E-state index contributed by atoms with van der Waals surface area (Å²) in [5.74, 6) is -0.272. The average Bonchev–Trinajstić information content (AvgIpc) is 2.44. The molecule has 0 amide bonds. The van der Waals surface area contributed by atoms with E-state index >= 15 is 0 Å².